The molecule has 0 amide bonds. The van der Waals surface area contributed by atoms with Crippen molar-refractivity contribution in [3.05, 3.63) is 0 Å². The van der Waals surface area contributed by atoms with E-state index < -0.39 is 9.05 Å². The molecule has 0 aliphatic heterocycles. The minimum Gasteiger partial charge on any atom is -0.412 e. The molecule has 6 nitrogen and oxygen atoms in total. The van der Waals surface area contributed by atoms with Gasteiger partial charge in [0.2, 0.25) is 0 Å². The summed E-state index contributed by atoms with van der Waals surface area (Å²) in [5.41, 5.74) is 0. The lowest BCUT2D eigenvalue weighted by molar-refractivity contribution is 0.0687. The van der Waals surface area contributed by atoms with Crippen molar-refractivity contribution in [3.63, 3.8) is 0 Å². The summed E-state index contributed by atoms with van der Waals surface area (Å²) in [6.07, 6.45) is 0. The summed E-state index contributed by atoms with van der Waals surface area (Å²) in [6, 6.07) is 0. The van der Waals surface area contributed by atoms with E-state index in [0.717, 1.165) is 0 Å². The Morgan fingerprint density at radius 2 is 1.67 bits per heavy atom. The molecule has 60 valence electrons. The topological polar surface area (TPSA) is 136 Å². The highest BCUT2D eigenvalue weighted by atomic mass is 28.4. The van der Waals surface area contributed by atoms with Crippen molar-refractivity contribution in [3.8, 4) is 0 Å². The monoisotopic (exact) mass is 159 g/mol. The van der Waals surface area contributed by atoms with Gasteiger partial charge in [0, 0.05) is 6.61 Å². The molecule has 9 heavy (non-hydrogen) atoms. The van der Waals surface area contributed by atoms with Crippen molar-refractivity contribution in [2.45, 2.75) is 6.92 Å². The second-order valence-corrected chi connectivity index (χ2v) is 2.44. The fraction of sp³-hybridized carbons (Fsp3) is 1.00. The molecule has 0 aromatic heterocycles. The summed E-state index contributed by atoms with van der Waals surface area (Å²) < 4.78 is 4.03. The summed E-state index contributed by atoms with van der Waals surface area (Å²) in [4.78, 5) is 24.1. The van der Waals surface area contributed by atoms with Gasteiger partial charge in [-0.05, 0) is 6.92 Å². The highest BCUT2D eigenvalue weighted by Crippen LogP contribution is 1.85. The minimum absolute atomic E-state index is 0. The lowest BCUT2D eigenvalue weighted by Crippen LogP contribution is -2.38. The molecule has 0 atom stereocenters. The highest BCUT2D eigenvalue weighted by molar-refractivity contribution is 6.48. The first-order valence-electron chi connectivity index (χ1n) is 1.87. The van der Waals surface area contributed by atoms with Crippen molar-refractivity contribution >= 4 is 9.05 Å². The maximum atomic E-state index is 8.05. The Morgan fingerprint density at radius 3 is 1.67 bits per heavy atom. The van der Waals surface area contributed by atoms with E-state index in [1.807, 2.05) is 0 Å². The molecule has 0 aromatic carbocycles. The highest BCUT2D eigenvalue weighted by Gasteiger charge is 2.28. The van der Waals surface area contributed by atoms with Crippen molar-refractivity contribution < 1.29 is 24.3 Å². The van der Waals surface area contributed by atoms with E-state index in [2.05, 4.69) is 4.43 Å². The summed E-state index contributed by atoms with van der Waals surface area (Å²) in [7, 11) is -4.16. The smallest absolute Gasteiger partial charge is 0.412 e. The molecule has 0 spiro atoms. The second kappa shape index (κ2) is 6.10. The van der Waals surface area contributed by atoms with Crippen LogP contribution in [0.3, 0.4) is 0 Å². The first kappa shape index (κ1) is 16.0. The van der Waals surface area contributed by atoms with Gasteiger partial charge in [-0.3, -0.25) is 0 Å². The maximum absolute atomic E-state index is 8.05. The fourth-order valence-electron chi connectivity index (χ4n) is 0.194. The molecule has 7 heteroatoms. The Kier molecular flexibility index (Phi) is 10.8. The van der Waals surface area contributed by atoms with Crippen LogP contribution in [-0.4, -0.2) is 35.5 Å². The van der Waals surface area contributed by atoms with Crippen molar-refractivity contribution in [2.24, 2.45) is 0 Å². The zero-order valence-electron chi connectivity index (χ0n) is 5.16. The summed E-state index contributed by atoms with van der Waals surface area (Å²) in [6.45, 7) is 1.68. The van der Waals surface area contributed by atoms with Crippen LogP contribution in [0.15, 0.2) is 0 Å². The predicted octanol–water partition coefficient (Wildman–Crippen LogP) is -2.23. The van der Waals surface area contributed by atoms with Gasteiger partial charge in [0.15, 0.2) is 0 Å². The van der Waals surface area contributed by atoms with Crippen LogP contribution in [-0.2, 0) is 4.43 Å². The van der Waals surface area contributed by atoms with E-state index in [-0.39, 0.29) is 18.2 Å². The summed E-state index contributed by atoms with van der Waals surface area (Å²) >= 11 is 0. The van der Waals surface area contributed by atoms with Gasteiger partial charge in [-0.1, -0.05) is 0 Å². The largest absolute Gasteiger partial charge is 0.671 e. The zero-order valence-corrected chi connectivity index (χ0v) is 6.16. The molecule has 0 saturated heterocycles. The molecule has 0 aromatic rings. The standard InChI is InChI=1S/C2H8O4Si.H3N.H2O/c1-2-6-7(3,4)5;;/h3-5H,2H2,1H3;1H3;1H2. The van der Waals surface area contributed by atoms with Gasteiger partial charge >= 0.3 is 9.05 Å². The van der Waals surface area contributed by atoms with E-state index in [4.69, 9.17) is 14.4 Å². The Labute approximate surface area is 54.1 Å². The second-order valence-electron chi connectivity index (χ2n) is 1.01. The quantitative estimate of drug-likeness (QED) is 0.338. The van der Waals surface area contributed by atoms with Crippen LogP contribution in [0.5, 0.6) is 0 Å². The third-order valence-corrected chi connectivity index (χ3v) is 1.01. The Balaban J connectivity index is -0.000000180. The van der Waals surface area contributed by atoms with Gasteiger partial charge in [-0.2, -0.15) is 0 Å². The minimum atomic E-state index is -4.16. The van der Waals surface area contributed by atoms with Crippen LogP contribution >= 0.6 is 0 Å². The Bertz CT molecular complexity index is 53.4. The van der Waals surface area contributed by atoms with Gasteiger partial charge in [-0.25, -0.2) is 0 Å². The SMILES string of the molecule is CCO[Si](O)(O)O.N.O. The Hall–Kier alpha value is -0.0231. The van der Waals surface area contributed by atoms with Crippen molar-refractivity contribution in [1.82, 2.24) is 6.15 Å². The number of rotatable bonds is 2. The molecule has 0 unspecified atom stereocenters. The van der Waals surface area contributed by atoms with Gasteiger partial charge in [-0.15, -0.1) is 0 Å². The average molecular weight is 159 g/mol. The molecule has 0 fully saturated rings. The average Bonchev–Trinajstić information content (AvgIpc) is 1.30. The molecule has 0 bridgehead atoms. The molecule has 8 N–H and O–H groups in total. The zero-order chi connectivity index (χ0) is 5.91. The normalized spacial score (nSPS) is 9.33. The van der Waals surface area contributed by atoms with Crippen LogP contribution < -0.4 is 6.15 Å². The lowest BCUT2D eigenvalue weighted by atomic mass is 10.9. The van der Waals surface area contributed by atoms with Crippen LogP contribution in [0.4, 0.5) is 0 Å². The molecule has 0 aliphatic rings. The first-order valence-corrected chi connectivity index (χ1v) is 3.62. The molecular weight excluding hydrogens is 146 g/mol. The van der Waals surface area contributed by atoms with Crippen molar-refractivity contribution in [2.75, 3.05) is 6.61 Å². The van der Waals surface area contributed by atoms with Gasteiger partial charge < -0.3 is 30.4 Å². The van der Waals surface area contributed by atoms with E-state index in [0.29, 0.717) is 0 Å². The predicted molar refractivity (Wildman–Crippen MR) is 32.7 cm³/mol. The summed E-state index contributed by atoms with van der Waals surface area (Å²) in [5, 5.41) is 0. The third kappa shape index (κ3) is 18.0. The molecule has 0 radical (unpaired) electrons. The van der Waals surface area contributed by atoms with Gasteiger partial charge in [0.05, 0.1) is 0 Å². The van der Waals surface area contributed by atoms with E-state index >= 15 is 0 Å². The Morgan fingerprint density at radius 1 is 1.33 bits per heavy atom. The third-order valence-electron chi connectivity index (χ3n) is 0.338. The number of hydrogen-bond donors (Lipinski definition) is 4. The van der Waals surface area contributed by atoms with E-state index in [9.17, 15) is 0 Å². The maximum Gasteiger partial charge on any atom is 0.671 e. The van der Waals surface area contributed by atoms with Crippen LogP contribution in [0.25, 0.3) is 0 Å². The fourth-order valence-corrected chi connectivity index (χ4v) is 0.581. The van der Waals surface area contributed by atoms with E-state index in [1.165, 1.54) is 0 Å². The number of hydrogen-bond acceptors (Lipinski definition) is 5. The molecule has 0 saturated carbocycles. The van der Waals surface area contributed by atoms with Crippen LogP contribution in [0.1, 0.15) is 6.92 Å². The summed E-state index contributed by atoms with van der Waals surface area (Å²) in [5.74, 6) is 0. The van der Waals surface area contributed by atoms with Crippen molar-refractivity contribution in [1.29, 1.82) is 0 Å². The molecule has 0 rings (SSSR count). The van der Waals surface area contributed by atoms with Crippen LogP contribution in [0.2, 0.25) is 0 Å². The van der Waals surface area contributed by atoms with Gasteiger partial charge in [0.25, 0.3) is 0 Å². The molecule has 0 heterocycles. The first-order chi connectivity index (χ1) is 3.06. The van der Waals surface area contributed by atoms with E-state index in [1.54, 1.807) is 6.92 Å². The molecule has 0 aliphatic carbocycles. The molecular formula is C2H13NO5Si. The lowest BCUT2D eigenvalue weighted by Gasteiger charge is -2.05. The van der Waals surface area contributed by atoms with Gasteiger partial charge in [0.1, 0.15) is 0 Å². The van der Waals surface area contributed by atoms with Crippen LogP contribution in [0, 0.1) is 0 Å².